The molecule has 0 radical (unpaired) electrons. The number of hydrogen-bond donors (Lipinski definition) is 1. The fourth-order valence-corrected chi connectivity index (χ4v) is 5.14. The molecule has 1 saturated heterocycles. The van der Waals surface area contributed by atoms with Gasteiger partial charge in [0.15, 0.2) is 0 Å². The average molecular weight is 349 g/mol. The molecule has 3 atom stereocenters. The maximum absolute atomic E-state index is 12.9. The van der Waals surface area contributed by atoms with E-state index in [0.717, 1.165) is 45.2 Å². The molecule has 3 fully saturated rings. The third-order valence-corrected chi connectivity index (χ3v) is 6.57. The van der Waals surface area contributed by atoms with Crippen LogP contribution >= 0.6 is 12.4 Å². The van der Waals surface area contributed by atoms with E-state index >= 15 is 0 Å². The summed E-state index contributed by atoms with van der Waals surface area (Å²) in [5.74, 6) is 2.56. The average Bonchev–Trinajstić information content (AvgIpc) is 3.18. The van der Waals surface area contributed by atoms with Crippen molar-refractivity contribution in [3.05, 3.63) is 35.9 Å². The molecule has 2 N–H and O–H groups in total. The predicted molar refractivity (Wildman–Crippen MR) is 99.2 cm³/mol. The molecule has 3 aliphatic rings. The number of nitrogens with two attached hydrogens (primary N) is 1. The standard InChI is InChI=1S/C20H28N2O.ClH/c21-19-11-10-17-12-22(13-18(17)19)20(23)16-8-6-15(7-9-16)14-4-2-1-3-5-14;/h1-5,15-19H,6-13,21H2;1H. The number of likely N-dealkylation sites (tertiary alicyclic amines) is 1. The van der Waals surface area contributed by atoms with Crippen LogP contribution in [0.3, 0.4) is 0 Å². The second kappa shape index (κ2) is 7.45. The minimum Gasteiger partial charge on any atom is -0.342 e. The first-order valence-corrected chi connectivity index (χ1v) is 9.31. The highest BCUT2D eigenvalue weighted by Gasteiger charge is 2.43. The van der Waals surface area contributed by atoms with Crippen LogP contribution in [0.4, 0.5) is 0 Å². The summed E-state index contributed by atoms with van der Waals surface area (Å²) in [6.45, 7) is 1.89. The Hall–Kier alpha value is -1.06. The highest BCUT2D eigenvalue weighted by atomic mass is 35.5. The van der Waals surface area contributed by atoms with Crippen molar-refractivity contribution in [3.8, 4) is 0 Å². The highest BCUT2D eigenvalue weighted by Crippen LogP contribution is 2.40. The van der Waals surface area contributed by atoms with E-state index in [-0.39, 0.29) is 18.3 Å². The molecule has 1 amide bonds. The summed E-state index contributed by atoms with van der Waals surface area (Å²) >= 11 is 0. The van der Waals surface area contributed by atoms with E-state index in [9.17, 15) is 4.79 Å². The number of fused-ring (bicyclic) bond motifs is 1. The topological polar surface area (TPSA) is 46.3 Å². The number of hydrogen-bond acceptors (Lipinski definition) is 2. The zero-order valence-corrected chi connectivity index (χ0v) is 15.1. The molecular formula is C20H29ClN2O. The van der Waals surface area contributed by atoms with Crippen LogP contribution in [-0.4, -0.2) is 29.9 Å². The number of halogens is 1. The van der Waals surface area contributed by atoms with Crippen molar-refractivity contribution in [3.63, 3.8) is 0 Å². The van der Waals surface area contributed by atoms with Crippen molar-refractivity contribution in [1.29, 1.82) is 0 Å². The molecule has 4 rings (SSSR count). The van der Waals surface area contributed by atoms with E-state index in [1.165, 1.54) is 12.0 Å². The Morgan fingerprint density at radius 2 is 1.67 bits per heavy atom. The first-order chi connectivity index (χ1) is 11.2. The monoisotopic (exact) mass is 348 g/mol. The van der Waals surface area contributed by atoms with E-state index in [1.54, 1.807) is 0 Å². The number of nitrogens with zero attached hydrogens (tertiary/aromatic N) is 1. The van der Waals surface area contributed by atoms with E-state index in [4.69, 9.17) is 5.73 Å². The molecule has 4 heteroatoms. The minimum atomic E-state index is 0. The summed E-state index contributed by atoms with van der Waals surface area (Å²) in [6.07, 6.45) is 6.78. The van der Waals surface area contributed by atoms with Crippen LogP contribution in [0.1, 0.15) is 50.0 Å². The van der Waals surface area contributed by atoms with Gasteiger partial charge in [-0.15, -0.1) is 12.4 Å². The van der Waals surface area contributed by atoms with Gasteiger partial charge < -0.3 is 10.6 Å². The second-order valence-corrected chi connectivity index (χ2v) is 7.87. The lowest BCUT2D eigenvalue weighted by Crippen LogP contribution is -2.38. The van der Waals surface area contributed by atoms with Crippen LogP contribution in [0.2, 0.25) is 0 Å². The number of amides is 1. The molecule has 24 heavy (non-hydrogen) atoms. The van der Waals surface area contributed by atoms with Crippen LogP contribution in [0.15, 0.2) is 30.3 Å². The van der Waals surface area contributed by atoms with Gasteiger partial charge in [0.1, 0.15) is 0 Å². The molecule has 2 aliphatic carbocycles. The lowest BCUT2D eigenvalue weighted by molar-refractivity contribution is -0.135. The molecule has 1 aromatic carbocycles. The number of rotatable bonds is 2. The maximum Gasteiger partial charge on any atom is 0.225 e. The van der Waals surface area contributed by atoms with Crippen molar-refractivity contribution in [2.45, 2.75) is 50.5 Å². The zero-order valence-electron chi connectivity index (χ0n) is 14.3. The van der Waals surface area contributed by atoms with E-state index in [0.29, 0.717) is 29.7 Å². The summed E-state index contributed by atoms with van der Waals surface area (Å²) in [5.41, 5.74) is 7.65. The number of carbonyl (C=O) groups is 1. The Morgan fingerprint density at radius 3 is 2.33 bits per heavy atom. The van der Waals surface area contributed by atoms with Gasteiger partial charge in [0.25, 0.3) is 0 Å². The van der Waals surface area contributed by atoms with Crippen LogP contribution in [0.5, 0.6) is 0 Å². The molecule has 1 aliphatic heterocycles. The van der Waals surface area contributed by atoms with E-state index in [2.05, 4.69) is 35.2 Å². The van der Waals surface area contributed by atoms with Crippen molar-refractivity contribution in [2.75, 3.05) is 13.1 Å². The highest BCUT2D eigenvalue weighted by molar-refractivity contribution is 5.85. The molecule has 132 valence electrons. The Bertz CT molecular complexity index is 556. The van der Waals surface area contributed by atoms with Crippen LogP contribution < -0.4 is 5.73 Å². The third kappa shape index (κ3) is 3.34. The van der Waals surface area contributed by atoms with E-state index < -0.39 is 0 Å². The van der Waals surface area contributed by atoms with Gasteiger partial charge in [0, 0.05) is 25.0 Å². The first kappa shape index (κ1) is 17.8. The number of benzene rings is 1. The van der Waals surface area contributed by atoms with Gasteiger partial charge in [-0.25, -0.2) is 0 Å². The van der Waals surface area contributed by atoms with Crippen molar-refractivity contribution >= 4 is 18.3 Å². The smallest absolute Gasteiger partial charge is 0.225 e. The molecule has 0 aromatic heterocycles. The summed E-state index contributed by atoms with van der Waals surface area (Å²) in [7, 11) is 0. The lowest BCUT2D eigenvalue weighted by Gasteiger charge is -2.31. The molecule has 2 saturated carbocycles. The number of carbonyl (C=O) groups excluding carboxylic acids is 1. The summed E-state index contributed by atoms with van der Waals surface area (Å²) < 4.78 is 0. The molecular weight excluding hydrogens is 320 g/mol. The van der Waals surface area contributed by atoms with Crippen molar-refractivity contribution in [1.82, 2.24) is 4.90 Å². The maximum atomic E-state index is 12.9. The Kier molecular flexibility index (Phi) is 5.51. The van der Waals surface area contributed by atoms with Crippen molar-refractivity contribution < 1.29 is 4.79 Å². The summed E-state index contributed by atoms with van der Waals surface area (Å²) in [6, 6.07) is 11.1. The predicted octanol–water partition coefficient (Wildman–Crippen LogP) is 3.58. The molecule has 0 bridgehead atoms. The quantitative estimate of drug-likeness (QED) is 0.888. The normalized spacial score (nSPS) is 35.4. The zero-order chi connectivity index (χ0) is 15.8. The molecule has 0 spiro atoms. The summed E-state index contributed by atoms with van der Waals surface area (Å²) in [4.78, 5) is 15.0. The van der Waals surface area contributed by atoms with Crippen LogP contribution in [0.25, 0.3) is 0 Å². The molecule has 3 nitrogen and oxygen atoms in total. The lowest BCUT2D eigenvalue weighted by atomic mass is 9.78. The van der Waals surface area contributed by atoms with Gasteiger partial charge in [0.2, 0.25) is 5.91 Å². The SMILES string of the molecule is Cl.NC1CCC2CN(C(=O)C3CCC(c4ccccc4)CC3)CC12. The molecule has 1 heterocycles. The fraction of sp³-hybridized carbons (Fsp3) is 0.650. The minimum absolute atomic E-state index is 0. The Morgan fingerprint density at radius 1 is 0.958 bits per heavy atom. The first-order valence-electron chi connectivity index (χ1n) is 9.31. The van der Waals surface area contributed by atoms with Gasteiger partial charge >= 0.3 is 0 Å². The van der Waals surface area contributed by atoms with Crippen LogP contribution in [-0.2, 0) is 4.79 Å². The third-order valence-electron chi connectivity index (χ3n) is 6.57. The van der Waals surface area contributed by atoms with Gasteiger partial charge in [-0.3, -0.25) is 4.79 Å². The van der Waals surface area contributed by atoms with Crippen LogP contribution in [0, 0.1) is 17.8 Å². The van der Waals surface area contributed by atoms with Crippen molar-refractivity contribution in [2.24, 2.45) is 23.5 Å². The van der Waals surface area contributed by atoms with Gasteiger partial charge in [-0.05, 0) is 61.8 Å². The summed E-state index contributed by atoms with van der Waals surface area (Å²) in [5, 5.41) is 0. The Labute approximate surface area is 151 Å². The fourth-order valence-electron chi connectivity index (χ4n) is 5.14. The molecule has 1 aromatic rings. The van der Waals surface area contributed by atoms with Gasteiger partial charge in [-0.1, -0.05) is 30.3 Å². The second-order valence-electron chi connectivity index (χ2n) is 7.87. The molecule has 3 unspecified atom stereocenters. The largest absolute Gasteiger partial charge is 0.342 e. The van der Waals surface area contributed by atoms with Gasteiger partial charge in [0.05, 0.1) is 0 Å². The Balaban J connectivity index is 0.00000169. The van der Waals surface area contributed by atoms with Gasteiger partial charge in [-0.2, -0.15) is 0 Å². The van der Waals surface area contributed by atoms with E-state index in [1.807, 2.05) is 0 Å².